The second kappa shape index (κ2) is 6.26. The Hall–Kier alpha value is -0.990. The Balaban J connectivity index is 2.89. The van der Waals surface area contributed by atoms with Crippen molar-refractivity contribution in [3.05, 3.63) is 38.3 Å². The maximum atomic E-state index is 11.7. The molecule has 0 atom stereocenters. The highest BCUT2D eigenvalue weighted by atomic mass is 79.9. The third-order valence-electron chi connectivity index (χ3n) is 2.28. The first-order chi connectivity index (χ1) is 8.35. The Labute approximate surface area is 113 Å². The minimum atomic E-state index is -3.23. The molecule has 0 heterocycles. The van der Waals surface area contributed by atoms with Gasteiger partial charge >= 0.3 is 0 Å². The van der Waals surface area contributed by atoms with Gasteiger partial charge < -0.3 is 5.73 Å². The van der Waals surface area contributed by atoms with Gasteiger partial charge in [0.25, 0.3) is 5.69 Å². The quantitative estimate of drug-likeness (QED) is 0.627. The van der Waals surface area contributed by atoms with Gasteiger partial charge in [0.15, 0.2) is 9.84 Å². The average molecular weight is 337 g/mol. The van der Waals surface area contributed by atoms with Crippen LogP contribution in [0.15, 0.2) is 22.7 Å². The molecule has 0 unspecified atom stereocenters. The van der Waals surface area contributed by atoms with Crippen molar-refractivity contribution >= 4 is 31.5 Å². The van der Waals surface area contributed by atoms with Crippen LogP contribution >= 0.6 is 15.9 Å². The Morgan fingerprint density at radius 3 is 2.56 bits per heavy atom. The highest BCUT2D eigenvalue weighted by Crippen LogP contribution is 2.24. The first kappa shape index (κ1) is 15.1. The molecule has 0 aromatic heterocycles. The van der Waals surface area contributed by atoms with Crippen LogP contribution in [0.5, 0.6) is 0 Å². The van der Waals surface area contributed by atoms with E-state index in [1.165, 1.54) is 18.2 Å². The van der Waals surface area contributed by atoms with E-state index in [0.29, 0.717) is 23.0 Å². The number of hydrogen-bond donors (Lipinski definition) is 1. The molecule has 0 radical (unpaired) electrons. The molecule has 0 saturated carbocycles. The molecule has 0 amide bonds. The minimum absolute atomic E-state index is 0.0208. The summed E-state index contributed by atoms with van der Waals surface area (Å²) in [5.74, 6) is -0.126. The van der Waals surface area contributed by atoms with Crippen molar-refractivity contribution in [2.75, 3.05) is 12.3 Å². The van der Waals surface area contributed by atoms with Crippen LogP contribution in [0.2, 0.25) is 0 Å². The minimum Gasteiger partial charge on any atom is -0.330 e. The van der Waals surface area contributed by atoms with Crippen LogP contribution < -0.4 is 5.73 Å². The van der Waals surface area contributed by atoms with Crippen molar-refractivity contribution in [2.45, 2.75) is 12.2 Å². The van der Waals surface area contributed by atoms with E-state index in [2.05, 4.69) is 15.9 Å². The Morgan fingerprint density at radius 2 is 2.06 bits per heavy atom. The van der Waals surface area contributed by atoms with E-state index in [9.17, 15) is 18.5 Å². The van der Waals surface area contributed by atoms with E-state index in [1.807, 2.05) is 0 Å². The second-order valence-electron chi connectivity index (χ2n) is 3.77. The fraction of sp³-hybridized carbons (Fsp3) is 0.400. The molecule has 0 spiro atoms. The lowest BCUT2D eigenvalue weighted by molar-refractivity contribution is -0.384. The third-order valence-corrected chi connectivity index (χ3v) is 4.68. The van der Waals surface area contributed by atoms with Crippen molar-refractivity contribution in [3.63, 3.8) is 0 Å². The Kier molecular flexibility index (Phi) is 5.24. The molecular formula is C10H13BrN2O4S. The van der Waals surface area contributed by atoms with Gasteiger partial charge in [0, 0.05) is 16.6 Å². The molecule has 0 aliphatic heterocycles. The number of hydrogen-bond acceptors (Lipinski definition) is 5. The van der Waals surface area contributed by atoms with Gasteiger partial charge in [-0.1, -0.05) is 22.0 Å². The van der Waals surface area contributed by atoms with Crippen molar-refractivity contribution in [3.8, 4) is 0 Å². The summed E-state index contributed by atoms with van der Waals surface area (Å²) in [6.07, 6.45) is 0.410. The summed E-state index contributed by atoms with van der Waals surface area (Å²) in [4.78, 5) is 10.0. The van der Waals surface area contributed by atoms with Crippen LogP contribution in [0.25, 0.3) is 0 Å². The summed E-state index contributed by atoms with van der Waals surface area (Å²) in [7, 11) is -3.23. The summed E-state index contributed by atoms with van der Waals surface area (Å²) < 4.78 is 23.9. The molecule has 18 heavy (non-hydrogen) atoms. The number of halogens is 1. The van der Waals surface area contributed by atoms with Gasteiger partial charge in [0.2, 0.25) is 0 Å². The number of nitrogens with two attached hydrogens (primary N) is 1. The monoisotopic (exact) mass is 336 g/mol. The molecule has 0 bridgehead atoms. The summed E-state index contributed by atoms with van der Waals surface area (Å²) in [5.41, 5.74) is 5.70. The number of rotatable bonds is 6. The molecule has 6 nitrogen and oxygen atoms in total. The van der Waals surface area contributed by atoms with Gasteiger partial charge in [0.05, 0.1) is 16.4 Å². The molecule has 0 aliphatic rings. The van der Waals surface area contributed by atoms with E-state index >= 15 is 0 Å². The first-order valence-electron chi connectivity index (χ1n) is 5.19. The first-order valence-corrected chi connectivity index (χ1v) is 7.80. The van der Waals surface area contributed by atoms with Gasteiger partial charge in [-0.25, -0.2) is 8.42 Å². The summed E-state index contributed by atoms with van der Waals surface area (Å²) in [5, 5.41) is 10.5. The summed E-state index contributed by atoms with van der Waals surface area (Å²) in [6, 6.07) is 4.04. The summed E-state index contributed by atoms with van der Waals surface area (Å²) >= 11 is 3.14. The molecule has 1 rings (SSSR count). The predicted octanol–water partition coefficient (Wildman–Crippen LogP) is 1.62. The lowest BCUT2D eigenvalue weighted by atomic mass is 10.2. The van der Waals surface area contributed by atoms with E-state index in [1.54, 1.807) is 0 Å². The number of benzene rings is 1. The van der Waals surface area contributed by atoms with Crippen LogP contribution in [0.4, 0.5) is 5.69 Å². The van der Waals surface area contributed by atoms with Crippen molar-refractivity contribution in [2.24, 2.45) is 5.73 Å². The van der Waals surface area contributed by atoms with E-state index in [-0.39, 0.29) is 17.2 Å². The van der Waals surface area contributed by atoms with E-state index < -0.39 is 14.8 Å². The molecule has 1 aromatic rings. The Bertz CT molecular complexity index is 545. The molecular weight excluding hydrogens is 324 g/mol. The van der Waals surface area contributed by atoms with Crippen molar-refractivity contribution in [1.29, 1.82) is 0 Å². The number of nitro groups is 1. The van der Waals surface area contributed by atoms with Crippen LogP contribution in [0, 0.1) is 10.1 Å². The Morgan fingerprint density at radius 1 is 1.39 bits per heavy atom. The molecule has 0 saturated heterocycles. The maximum Gasteiger partial charge on any atom is 0.270 e. The zero-order valence-corrected chi connectivity index (χ0v) is 11.9. The highest BCUT2D eigenvalue weighted by Gasteiger charge is 2.15. The van der Waals surface area contributed by atoms with Crippen molar-refractivity contribution < 1.29 is 13.3 Å². The lowest BCUT2D eigenvalue weighted by Crippen LogP contribution is -2.13. The van der Waals surface area contributed by atoms with E-state index in [0.717, 1.165) is 0 Å². The van der Waals surface area contributed by atoms with Crippen LogP contribution in [0.1, 0.15) is 12.0 Å². The predicted molar refractivity (Wildman–Crippen MR) is 72.0 cm³/mol. The normalized spacial score (nSPS) is 11.4. The average Bonchev–Trinajstić information content (AvgIpc) is 2.29. The zero-order chi connectivity index (χ0) is 13.8. The van der Waals surface area contributed by atoms with Gasteiger partial charge in [-0.2, -0.15) is 0 Å². The smallest absolute Gasteiger partial charge is 0.270 e. The van der Waals surface area contributed by atoms with Crippen LogP contribution in [-0.2, 0) is 15.6 Å². The topological polar surface area (TPSA) is 103 Å². The third kappa shape index (κ3) is 4.35. The molecule has 100 valence electrons. The van der Waals surface area contributed by atoms with Crippen LogP contribution in [0.3, 0.4) is 0 Å². The molecule has 8 heteroatoms. The largest absolute Gasteiger partial charge is 0.330 e. The van der Waals surface area contributed by atoms with Gasteiger partial charge in [-0.3, -0.25) is 10.1 Å². The number of non-ortho nitro benzene ring substituents is 1. The van der Waals surface area contributed by atoms with Gasteiger partial charge in [-0.05, 0) is 18.5 Å². The molecule has 0 fully saturated rings. The zero-order valence-electron chi connectivity index (χ0n) is 9.50. The van der Waals surface area contributed by atoms with E-state index in [4.69, 9.17) is 5.73 Å². The molecule has 0 aliphatic carbocycles. The molecule has 2 N–H and O–H groups in total. The van der Waals surface area contributed by atoms with Crippen LogP contribution in [-0.4, -0.2) is 25.6 Å². The second-order valence-corrected chi connectivity index (χ2v) is 6.81. The fourth-order valence-electron chi connectivity index (χ4n) is 1.38. The lowest BCUT2D eigenvalue weighted by Gasteiger charge is -2.05. The summed E-state index contributed by atoms with van der Waals surface area (Å²) in [6.45, 7) is 0.320. The van der Waals surface area contributed by atoms with Gasteiger partial charge in [0.1, 0.15) is 0 Å². The SMILES string of the molecule is NCCCS(=O)(=O)Cc1ccc([N+](=O)[O-])cc1Br. The molecule has 1 aromatic carbocycles. The standard InChI is InChI=1S/C10H13BrN2O4S/c11-10-6-9(13(14)15)3-2-8(10)7-18(16,17)5-1-4-12/h2-3,6H,1,4-5,7,12H2. The van der Waals surface area contributed by atoms with Gasteiger partial charge in [-0.15, -0.1) is 0 Å². The highest BCUT2D eigenvalue weighted by molar-refractivity contribution is 9.10. The number of sulfone groups is 1. The fourth-order valence-corrected chi connectivity index (χ4v) is 3.55. The maximum absolute atomic E-state index is 11.7. The van der Waals surface area contributed by atoms with Crippen molar-refractivity contribution in [1.82, 2.24) is 0 Å². The number of nitro benzene ring substituents is 1. The number of nitrogens with zero attached hydrogens (tertiary/aromatic N) is 1.